The van der Waals surface area contributed by atoms with Gasteiger partial charge in [0.05, 0.1) is 15.6 Å². The average molecular weight is 149 g/mol. The molecule has 0 nitrogen and oxygen atoms in total. The molecule has 0 aromatic carbocycles. The van der Waals surface area contributed by atoms with E-state index < -0.39 is 0 Å². The lowest BCUT2D eigenvalue weighted by atomic mass is 10.8. The molecule has 0 bridgehead atoms. The van der Waals surface area contributed by atoms with E-state index in [1.165, 1.54) is 0 Å². The van der Waals surface area contributed by atoms with Crippen LogP contribution in [-0.2, 0) is 0 Å². The maximum absolute atomic E-state index is 3.16. The molecule has 0 radical (unpaired) electrons. The molecule has 2 heteroatoms. The van der Waals surface area contributed by atoms with Gasteiger partial charge in [-0.25, -0.2) is 0 Å². The molecular weight excluding hydrogens is 144 g/mol. The Hall–Kier alpha value is 0.257. The third kappa shape index (κ3) is 4.26. The highest BCUT2D eigenvalue weighted by Gasteiger charge is 1.50. The third-order valence-corrected chi connectivity index (χ3v) is 0.878. The summed E-state index contributed by atoms with van der Waals surface area (Å²) in [5.41, 5.74) is 2.86. The molecule has 0 unspecified atom stereocenters. The van der Waals surface area contributed by atoms with Crippen molar-refractivity contribution < 1.29 is 0 Å². The van der Waals surface area contributed by atoms with Gasteiger partial charge in [0, 0.05) is 0 Å². The molecule has 0 saturated heterocycles. The molecule has 5 heavy (non-hydrogen) atoms. The first-order valence-corrected chi connectivity index (χ1v) is 3.49. The van der Waals surface area contributed by atoms with Gasteiger partial charge in [-0.1, -0.05) is 21.9 Å². The second kappa shape index (κ2) is 4.26. The van der Waals surface area contributed by atoms with Crippen molar-refractivity contribution in [1.82, 2.24) is 0 Å². The fourth-order valence-electron chi connectivity index (χ4n) is 0.0668. The second-order valence-electron chi connectivity index (χ2n) is 0.560. The van der Waals surface area contributed by atoms with Gasteiger partial charge in [-0.3, -0.25) is 0 Å². The van der Waals surface area contributed by atoms with Crippen molar-refractivity contribution in [2.24, 2.45) is 0 Å². The fraction of sp³-hybridized carbons (Fsp3) is 0.333. The Morgan fingerprint density at radius 2 is 2.40 bits per heavy atom. The summed E-state index contributed by atoms with van der Waals surface area (Å²) in [6.07, 6.45) is 0. The topological polar surface area (TPSA) is 0 Å². The summed E-state index contributed by atoms with van der Waals surface area (Å²) in [5.74, 6) is 2.84. The van der Waals surface area contributed by atoms with E-state index in [1.54, 1.807) is 0 Å². The zero-order valence-electron chi connectivity index (χ0n) is 3.09. The zero-order chi connectivity index (χ0) is 4.12. The van der Waals surface area contributed by atoms with Crippen LogP contribution in [0.4, 0.5) is 0 Å². The zero-order valence-corrected chi connectivity index (χ0v) is 6.67. The van der Waals surface area contributed by atoms with E-state index >= 15 is 0 Å². The first kappa shape index (κ1) is 5.26. The van der Waals surface area contributed by atoms with E-state index in [2.05, 4.69) is 27.4 Å². The van der Waals surface area contributed by atoms with Crippen LogP contribution in [-0.4, -0.2) is 15.6 Å². The third-order valence-electron chi connectivity index (χ3n) is 0.244. The summed E-state index contributed by atoms with van der Waals surface area (Å²) >= 11 is 3.16. The number of alkyl halides is 1. The van der Waals surface area contributed by atoms with Crippen LogP contribution in [0.1, 0.15) is 0 Å². The largest absolute Gasteiger partial charge is 0.143 e. The lowest BCUT2D eigenvalue weighted by Crippen LogP contribution is -1.55. The van der Waals surface area contributed by atoms with Gasteiger partial charge >= 0.3 is 0 Å². The van der Waals surface area contributed by atoms with Crippen molar-refractivity contribution in [2.75, 3.05) is 5.33 Å². The molecule has 0 spiro atoms. The van der Waals surface area contributed by atoms with Crippen molar-refractivity contribution in [3.63, 3.8) is 0 Å². The Labute approximate surface area is 43.5 Å². The monoisotopic (exact) mass is 148 g/mol. The van der Waals surface area contributed by atoms with E-state index in [0.717, 1.165) is 15.6 Å². The number of hydrogen-bond acceptors (Lipinski definition) is 0. The second-order valence-corrected chi connectivity index (χ2v) is 1.62. The SMILES string of the molecule is [SiH3]C#CCBr. The minimum atomic E-state index is 0.830. The standard InChI is InChI=1S/C3H5BrSi/c4-2-1-3-5/h2H2,5H3. The molecular formula is C3H5BrSi. The molecule has 0 aromatic rings. The normalized spacial score (nSPS) is 5.80. The first-order chi connectivity index (χ1) is 2.41. The van der Waals surface area contributed by atoms with Crippen LogP contribution in [0.3, 0.4) is 0 Å². The summed E-state index contributed by atoms with van der Waals surface area (Å²) in [6, 6.07) is 0. The van der Waals surface area contributed by atoms with Crippen LogP contribution < -0.4 is 0 Å². The molecule has 0 N–H and O–H groups in total. The van der Waals surface area contributed by atoms with Gasteiger partial charge in [0.25, 0.3) is 0 Å². The highest BCUT2D eigenvalue weighted by Crippen LogP contribution is 1.69. The maximum Gasteiger partial charge on any atom is 0.0906 e. The predicted molar refractivity (Wildman–Crippen MR) is 31.5 cm³/mol. The highest BCUT2D eigenvalue weighted by molar-refractivity contribution is 9.09. The molecule has 0 heterocycles. The molecule has 0 rings (SSSR count). The van der Waals surface area contributed by atoms with E-state index in [0.29, 0.717) is 0 Å². The van der Waals surface area contributed by atoms with Crippen LogP contribution in [0.5, 0.6) is 0 Å². The van der Waals surface area contributed by atoms with Crippen molar-refractivity contribution in [3.8, 4) is 11.5 Å². The van der Waals surface area contributed by atoms with Gasteiger partial charge in [-0.2, -0.15) is 0 Å². The molecule has 0 aliphatic carbocycles. The smallest absolute Gasteiger partial charge is 0.0906 e. The lowest BCUT2D eigenvalue weighted by molar-refractivity contribution is 2.01. The Morgan fingerprint density at radius 1 is 1.80 bits per heavy atom. The quantitative estimate of drug-likeness (QED) is 0.252. The van der Waals surface area contributed by atoms with E-state index in [-0.39, 0.29) is 0 Å². The van der Waals surface area contributed by atoms with Gasteiger partial charge in [0.1, 0.15) is 0 Å². The Morgan fingerprint density at radius 3 is 2.40 bits per heavy atom. The molecule has 0 saturated carbocycles. The summed E-state index contributed by atoms with van der Waals surface area (Å²) in [5, 5.41) is 0.830. The predicted octanol–water partition coefficient (Wildman–Crippen LogP) is -0.292. The molecule has 0 aliphatic heterocycles. The van der Waals surface area contributed by atoms with Gasteiger partial charge in [-0.15, -0.1) is 5.54 Å². The minimum Gasteiger partial charge on any atom is -0.143 e. The molecule has 0 amide bonds. The van der Waals surface area contributed by atoms with Crippen molar-refractivity contribution in [1.29, 1.82) is 0 Å². The molecule has 28 valence electrons. The number of hydrogen-bond donors (Lipinski definition) is 0. The van der Waals surface area contributed by atoms with Crippen molar-refractivity contribution >= 4 is 26.2 Å². The van der Waals surface area contributed by atoms with Crippen LogP contribution in [0, 0.1) is 11.5 Å². The summed E-state index contributed by atoms with van der Waals surface area (Å²) in [6.45, 7) is 0. The number of halogens is 1. The van der Waals surface area contributed by atoms with Gasteiger partial charge in [0.2, 0.25) is 0 Å². The van der Waals surface area contributed by atoms with Crippen LogP contribution in [0.25, 0.3) is 0 Å². The lowest BCUT2D eigenvalue weighted by Gasteiger charge is -1.56. The maximum atomic E-state index is 3.16. The fourth-order valence-corrected chi connectivity index (χ4v) is 1.04. The van der Waals surface area contributed by atoms with E-state index in [4.69, 9.17) is 0 Å². The highest BCUT2D eigenvalue weighted by atomic mass is 79.9. The number of rotatable bonds is 0. The van der Waals surface area contributed by atoms with Gasteiger partial charge in [-0.05, 0) is 0 Å². The summed E-state index contributed by atoms with van der Waals surface area (Å²) in [7, 11) is 1.01. The molecule has 0 aromatic heterocycles. The summed E-state index contributed by atoms with van der Waals surface area (Å²) in [4.78, 5) is 0. The van der Waals surface area contributed by atoms with Crippen molar-refractivity contribution in [2.45, 2.75) is 0 Å². The molecule has 0 aliphatic rings. The van der Waals surface area contributed by atoms with Gasteiger partial charge < -0.3 is 0 Å². The van der Waals surface area contributed by atoms with Crippen LogP contribution in [0.15, 0.2) is 0 Å². The van der Waals surface area contributed by atoms with E-state index in [9.17, 15) is 0 Å². The average Bonchev–Trinajstić information content (AvgIpc) is 1.41. The molecule has 0 fully saturated rings. The Balaban J connectivity index is 2.81. The Bertz CT molecular complexity index is 59.0. The van der Waals surface area contributed by atoms with Crippen LogP contribution in [0.2, 0.25) is 0 Å². The Kier molecular flexibility index (Phi) is 4.48. The van der Waals surface area contributed by atoms with Crippen LogP contribution >= 0.6 is 15.9 Å². The minimum absolute atomic E-state index is 0.830. The van der Waals surface area contributed by atoms with E-state index in [1.807, 2.05) is 0 Å². The van der Waals surface area contributed by atoms with Gasteiger partial charge in [0.15, 0.2) is 0 Å². The molecule has 0 atom stereocenters. The first-order valence-electron chi connectivity index (χ1n) is 1.37. The summed E-state index contributed by atoms with van der Waals surface area (Å²) < 4.78 is 0. The van der Waals surface area contributed by atoms with Crippen molar-refractivity contribution in [3.05, 3.63) is 0 Å².